The lowest BCUT2D eigenvalue weighted by molar-refractivity contribution is -0.117. The Morgan fingerprint density at radius 1 is 0.964 bits per heavy atom. The highest BCUT2D eigenvalue weighted by molar-refractivity contribution is 7.09. The summed E-state index contributed by atoms with van der Waals surface area (Å²) in [6.07, 6.45) is 0. The number of benzene rings is 1. The molecule has 1 aromatic carbocycles. The lowest BCUT2D eigenvalue weighted by Crippen LogP contribution is -2.48. The number of nitrogens with zero attached hydrogens (tertiary/aromatic N) is 3. The van der Waals surface area contributed by atoms with Crippen LogP contribution in [0, 0.1) is 0 Å². The predicted molar refractivity (Wildman–Crippen MR) is 114 cm³/mol. The molecule has 6 nitrogen and oxygen atoms in total. The first kappa shape index (κ1) is 19.4. The molecule has 2 aromatic rings. The van der Waals surface area contributed by atoms with Crippen LogP contribution in [-0.2, 0) is 16.1 Å². The van der Waals surface area contributed by atoms with Gasteiger partial charge in [-0.1, -0.05) is 6.07 Å². The summed E-state index contributed by atoms with van der Waals surface area (Å²) in [5.41, 5.74) is 2.04. The Morgan fingerprint density at radius 2 is 1.68 bits per heavy atom. The maximum atomic E-state index is 12.4. The number of piperazine rings is 1. The summed E-state index contributed by atoms with van der Waals surface area (Å²) in [7, 11) is 0. The highest BCUT2D eigenvalue weighted by atomic mass is 32.1. The Bertz CT molecular complexity index is 736. The zero-order chi connectivity index (χ0) is 19.2. The first-order valence-corrected chi connectivity index (χ1v) is 10.8. The number of nitrogens with one attached hydrogen (secondary N) is 1. The Hall–Kier alpha value is -1.93. The summed E-state index contributed by atoms with van der Waals surface area (Å²) in [4.78, 5) is 20.8. The van der Waals surface area contributed by atoms with E-state index in [2.05, 4.69) is 49.7 Å². The van der Waals surface area contributed by atoms with Crippen LogP contribution in [0.5, 0.6) is 0 Å². The fraction of sp³-hybridized carbons (Fsp3) is 0.476. The van der Waals surface area contributed by atoms with Crippen molar-refractivity contribution >= 4 is 28.6 Å². The molecule has 0 spiro atoms. The number of carbonyl (C=O) groups excluding carboxylic acids is 1. The van der Waals surface area contributed by atoms with Gasteiger partial charge in [-0.15, -0.1) is 11.3 Å². The van der Waals surface area contributed by atoms with Crippen molar-refractivity contribution in [1.29, 1.82) is 0 Å². The number of rotatable bonds is 6. The number of carbonyl (C=O) groups is 1. The van der Waals surface area contributed by atoms with Crippen molar-refractivity contribution in [2.75, 3.05) is 69.2 Å². The summed E-state index contributed by atoms with van der Waals surface area (Å²) in [5, 5.41) is 5.16. The third-order valence-corrected chi connectivity index (χ3v) is 6.18. The van der Waals surface area contributed by atoms with Crippen LogP contribution in [0.2, 0.25) is 0 Å². The van der Waals surface area contributed by atoms with Crippen molar-refractivity contribution in [2.45, 2.75) is 6.54 Å². The van der Waals surface area contributed by atoms with Crippen molar-refractivity contribution in [1.82, 2.24) is 9.80 Å². The molecule has 7 heteroatoms. The number of thiophene rings is 1. The minimum absolute atomic E-state index is 0.0610. The molecule has 150 valence electrons. The molecular weight excluding hydrogens is 372 g/mol. The standard InChI is InChI=1S/C21H28N4O2S/c26-21(17-24-9-7-23(8-10-24)16-20-2-1-15-28-20)22-18-3-5-19(6-4-18)25-11-13-27-14-12-25/h1-6,15H,7-14,16-17H2,(H,22,26). The van der Waals surface area contributed by atoms with Crippen LogP contribution in [-0.4, -0.2) is 74.7 Å². The third kappa shape index (κ3) is 5.32. The van der Waals surface area contributed by atoms with Gasteiger partial charge in [-0.25, -0.2) is 0 Å². The Morgan fingerprint density at radius 3 is 2.36 bits per heavy atom. The fourth-order valence-corrected chi connectivity index (χ4v) is 4.46. The van der Waals surface area contributed by atoms with Crippen molar-refractivity contribution in [2.24, 2.45) is 0 Å². The second-order valence-electron chi connectivity index (χ2n) is 7.33. The molecule has 0 radical (unpaired) electrons. The average Bonchev–Trinajstić information content (AvgIpc) is 3.24. The quantitative estimate of drug-likeness (QED) is 0.807. The molecule has 0 aliphatic carbocycles. The van der Waals surface area contributed by atoms with Gasteiger partial charge in [-0.05, 0) is 35.7 Å². The van der Waals surface area contributed by atoms with Crippen LogP contribution < -0.4 is 10.2 Å². The number of anilines is 2. The van der Waals surface area contributed by atoms with Crippen molar-refractivity contribution in [3.05, 3.63) is 46.7 Å². The number of hydrogen-bond acceptors (Lipinski definition) is 6. The minimum Gasteiger partial charge on any atom is -0.378 e. The SMILES string of the molecule is O=C(CN1CCN(Cc2cccs2)CC1)Nc1ccc(N2CCOCC2)cc1. The van der Waals surface area contributed by atoms with E-state index in [-0.39, 0.29) is 5.91 Å². The van der Waals surface area contributed by atoms with Gasteiger partial charge in [0, 0.05) is 62.1 Å². The molecule has 2 aliphatic rings. The Balaban J connectivity index is 1.20. The van der Waals surface area contributed by atoms with E-state index >= 15 is 0 Å². The molecule has 0 bridgehead atoms. The summed E-state index contributed by atoms with van der Waals surface area (Å²) in [5.74, 6) is 0.0610. The molecule has 1 aromatic heterocycles. The topological polar surface area (TPSA) is 48.1 Å². The maximum absolute atomic E-state index is 12.4. The summed E-state index contributed by atoms with van der Waals surface area (Å²) < 4.78 is 5.40. The fourth-order valence-electron chi connectivity index (χ4n) is 3.71. The van der Waals surface area contributed by atoms with Crippen molar-refractivity contribution < 1.29 is 9.53 Å². The van der Waals surface area contributed by atoms with Gasteiger partial charge in [0.05, 0.1) is 19.8 Å². The van der Waals surface area contributed by atoms with Crippen LogP contribution in [0.15, 0.2) is 41.8 Å². The van der Waals surface area contributed by atoms with Crippen LogP contribution in [0.1, 0.15) is 4.88 Å². The highest BCUT2D eigenvalue weighted by Gasteiger charge is 2.19. The molecule has 0 saturated carbocycles. The van der Waals surface area contributed by atoms with E-state index in [1.54, 1.807) is 0 Å². The zero-order valence-corrected chi connectivity index (χ0v) is 17.0. The van der Waals surface area contributed by atoms with Gasteiger partial charge in [-0.2, -0.15) is 0 Å². The van der Waals surface area contributed by atoms with E-state index in [0.29, 0.717) is 6.54 Å². The molecule has 0 unspecified atom stereocenters. The zero-order valence-electron chi connectivity index (χ0n) is 16.2. The molecule has 1 N–H and O–H groups in total. The molecule has 0 atom stereocenters. The van der Waals surface area contributed by atoms with Gasteiger partial charge in [0.2, 0.25) is 5.91 Å². The van der Waals surface area contributed by atoms with E-state index < -0.39 is 0 Å². The first-order valence-electron chi connectivity index (χ1n) is 9.96. The molecule has 2 aliphatic heterocycles. The average molecular weight is 401 g/mol. The molecule has 4 rings (SSSR count). The van der Waals surface area contributed by atoms with Crippen LogP contribution in [0.3, 0.4) is 0 Å². The summed E-state index contributed by atoms with van der Waals surface area (Å²) in [6.45, 7) is 8.78. The van der Waals surface area contributed by atoms with Gasteiger partial charge < -0.3 is 15.0 Å². The van der Waals surface area contributed by atoms with Gasteiger partial charge in [0.1, 0.15) is 0 Å². The van der Waals surface area contributed by atoms with Gasteiger partial charge in [-0.3, -0.25) is 14.6 Å². The minimum atomic E-state index is 0.0610. The van der Waals surface area contributed by atoms with E-state index in [0.717, 1.165) is 64.7 Å². The smallest absolute Gasteiger partial charge is 0.238 e. The van der Waals surface area contributed by atoms with Gasteiger partial charge in [0.25, 0.3) is 0 Å². The van der Waals surface area contributed by atoms with E-state index in [1.165, 1.54) is 10.6 Å². The van der Waals surface area contributed by atoms with Gasteiger partial charge in [0.15, 0.2) is 0 Å². The maximum Gasteiger partial charge on any atom is 0.238 e. The van der Waals surface area contributed by atoms with Crippen molar-refractivity contribution in [3.8, 4) is 0 Å². The largest absolute Gasteiger partial charge is 0.378 e. The third-order valence-electron chi connectivity index (χ3n) is 5.32. The van der Waals surface area contributed by atoms with Crippen molar-refractivity contribution in [3.63, 3.8) is 0 Å². The first-order chi connectivity index (χ1) is 13.8. The summed E-state index contributed by atoms with van der Waals surface area (Å²) >= 11 is 1.81. The highest BCUT2D eigenvalue weighted by Crippen LogP contribution is 2.19. The lowest BCUT2D eigenvalue weighted by atomic mass is 10.2. The van der Waals surface area contributed by atoms with Gasteiger partial charge >= 0.3 is 0 Å². The number of morpholine rings is 1. The predicted octanol–water partition coefficient (Wildman–Crippen LogP) is 2.34. The van der Waals surface area contributed by atoms with Crippen LogP contribution in [0.25, 0.3) is 0 Å². The molecular formula is C21H28N4O2S. The number of hydrogen-bond donors (Lipinski definition) is 1. The molecule has 3 heterocycles. The monoisotopic (exact) mass is 400 g/mol. The second-order valence-corrected chi connectivity index (χ2v) is 8.36. The van der Waals surface area contributed by atoms with E-state index in [1.807, 2.05) is 23.5 Å². The Labute approximate surface area is 170 Å². The molecule has 28 heavy (non-hydrogen) atoms. The van der Waals surface area contributed by atoms with E-state index in [9.17, 15) is 4.79 Å². The number of ether oxygens (including phenoxy) is 1. The lowest BCUT2D eigenvalue weighted by Gasteiger charge is -2.34. The second kappa shape index (κ2) is 9.52. The van der Waals surface area contributed by atoms with Crippen LogP contribution in [0.4, 0.5) is 11.4 Å². The molecule has 2 fully saturated rings. The molecule has 1 amide bonds. The summed E-state index contributed by atoms with van der Waals surface area (Å²) in [6, 6.07) is 12.4. The normalized spacial score (nSPS) is 18.9. The number of amides is 1. The molecule has 2 saturated heterocycles. The van der Waals surface area contributed by atoms with E-state index in [4.69, 9.17) is 4.74 Å². The Kier molecular flexibility index (Phi) is 6.59. The van der Waals surface area contributed by atoms with Crippen LogP contribution >= 0.6 is 11.3 Å².